The molecule has 1 saturated heterocycles. The lowest BCUT2D eigenvalue weighted by molar-refractivity contribution is -0.144. The molecule has 2 aromatic rings. The standard InChI is InChI=1S/C19H21N3O3/c23-17-7-6-16(13-20-17)21-18(24)19(25)22-10-8-15(9-11-22)12-14-4-2-1-3-5-14/h1-7,13,15H,8-12H2,(H,20,23)(H,21,24). The number of H-pyrrole nitrogens is 1. The zero-order valence-corrected chi connectivity index (χ0v) is 13.9. The van der Waals surface area contributed by atoms with E-state index in [4.69, 9.17) is 0 Å². The van der Waals surface area contributed by atoms with Crippen molar-refractivity contribution in [3.05, 3.63) is 64.6 Å². The molecule has 25 heavy (non-hydrogen) atoms. The maximum Gasteiger partial charge on any atom is 0.313 e. The number of piperidine rings is 1. The van der Waals surface area contributed by atoms with Crippen molar-refractivity contribution in [3.63, 3.8) is 0 Å². The van der Waals surface area contributed by atoms with Crippen LogP contribution in [-0.4, -0.2) is 34.8 Å². The minimum atomic E-state index is -0.673. The van der Waals surface area contributed by atoms with E-state index in [0.717, 1.165) is 19.3 Å². The van der Waals surface area contributed by atoms with Gasteiger partial charge in [-0.25, -0.2) is 0 Å². The number of hydrogen-bond acceptors (Lipinski definition) is 3. The zero-order valence-electron chi connectivity index (χ0n) is 13.9. The fourth-order valence-corrected chi connectivity index (χ4v) is 3.10. The van der Waals surface area contributed by atoms with Crippen molar-refractivity contribution >= 4 is 17.5 Å². The van der Waals surface area contributed by atoms with E-state index in [-0.39, 0.29) is 5.56 Å². The Kier molecular flexibility index (Phi) is 5.28. The Morgan fingerprint density at radius 1 is 1.08 bits per heavy atom. The summed E-state index contributed by atoms with van der Waals surface area (Å²) in [5.41, 5.74) is 1.45. The Morgan fingerprint density at radius 2 is 1.80 bits per heavy atom. The van der Waals surface area contributed by atoms with Crippen LogP contribution in [0.2, 0.25) is 0 Å². The number of nitrogens with zero attached hydrogens (tertiary/aromatic N) is 1. The van der Waals surface area contributed by atoms with Crippen molar-refractivity contribution in [2.24, 2.45) is 5.92 Å². The SMILES string of the molecule is O=C(Nc1ccc(=O)[nH]c1)C(=O)N1CCC(Cc2ccccc2)CC1. The Balaban J connectivity index is 1.50. The largest absolute Gasteiger partial charge is 0.334 e. The van der Waals surface area contributed by atoms with Crippen LogP contribution in [0.15, 0.2) is 53.5 Å². The van der Waals surface area contributed by atoms with Crippen molar-refractivity contribution in [2.45, 2.75) is 19.3 Å². The molecule has 0 radical (unpaired) electrons. The Hall–Kier alpha value is -2.89. The Morgan fingerprint density at radius 3 is 2.44 bits per heavy atom. The second kappa shape index (κ2) is 7.79. The van der Waals surface area contributed by atoms with Crippen molar-refractivity contribution in [1.82, 2.24) is 9.88 Å². The van der Waals surface area contributed by atoms with Crippen LogP contribution < -0.4 is 10.9 Å². The van der Waals surface area contributed by atoms with Gasteiger partial charge in [-0.3, -0.25) is 14.4 Å². The average Bonchev–Trinajstić information content (AvgIpc) is 2.64. The lowest BCUT2D eigenvalue weighted by Gasteiger charge is -2.31. The van der Waals surface area contributed by atoms with E-state index in [1.807, 2.05) is 18.2 Å². The lowest BCUT2D eigenvalue weighted by Crippen LogP contribution is -2.44. The molecule has 1 aromatic carbocycles. The minimum absolute atomic E-state index is 0.259. The normalized spacial score (nSPS) is 15.0. The van der Waals surface area contributed by atoms with Crippen LogP contribution in [0.4, 0.5) is 5.69 Å². The summed E-state index contributed by atoms with van der Waals surface area (Å²) >= 11 is 0. The fourth-order valence-electron chi connectivity index (χ4n) is 3.10. The first kappa shape index (κ1) is 17.0. The third kappa shape index (κ3) is 4.56. The molecule has 130 valence electrons. The molecule has 0 atom stereocenters. The Bertz CT molecular complexity index is 773. The number of nitrogens with one attached hydrogen (secondary N) is 2. The molecular formula is C19H21N3O3. The van der Waals surface area contributed by atoms with Gasteiger partial charge in [-0.2, -0.15) is 0 Å². The van der Waals surface area contributed by atoms with Crippen LogP contribution in [0.25, 0.3) is 0 Å². The Labute approximate surface area is 145 Å². The second-order valence-electron chi connectivity index (χ2n) is 6.32. The summed E-state index contributed by atoms with van der Waals surface area (Å²) in [6.07, 6.45) is 4.17. The van der Waals surface area contributed by atoms with E-state index in [1.54, 1.807) is 4.90 Å². The molecule has 2 heterocycles. The summed E-state index contributed by atoms with van der Waals surface area (Å²) in [6.45, 7) is 1.19. The van der Waals surface area contributed by atoms with Gasteiger partial charge in [0, 0.05) is 25.4 Å². The van der Waals surface area contributed by atoms with Gasteiger partial charge in [-0.05, 0) is 36.8 Å². The number of benzene rings is 1. The van der Waals surface area contributed by atoms with Gasteiger partial charge in [0.25, 0.3) is 0 Å². The first-order valence-corrected chi connectivity index (χ1v) is 8.45. The molecule has 6 nitrogen and oxygen atoms in total. The quantitative estimate of drug-likeness (QED) is 0.837. The van der Waals surface area contributed by atoms with Gasteiger partial charge in [0.15, 0.2) is 0 Å². The predicted octanol–water partition coefficient (Wildman–Crippen LogP) is 1.79. The number of pyridine rings is 1. The summed E-state index contributed by atoms with van der Waals surface area (Å²) in [5, 5.41) is 2.52. The topological polar surface area (TPSA) is 82.3 Å². The molecule has 1 aliphatic rings. The fraction of sp³-hybridized carbons (Fsp3) is 0.316. The summed E-state index contributed by atoms with van der Waals surface area (Å²) in [6, 6.07) is 13.1. The number of amides is 2. The van der Waals surface area contributed by atoms with E-state index in [2.05, 4.69) is 22.4 Å². The number of carbonyl (C=O) groups excluding carboxylic acids is 2. The van der Waals surface area contributed by atoms with Crippen LogP contribution in [0.1, 0.15) is 18.4 Å². The van der Waals surface area contributed by atoms with Crippen molar-refractivity contribution in [1.29, 1.82) is 0 Å². The van der Waals surface area contributed by atoms with Gasteiger partial charge >= 0.3 is 11.8 Å². The number of anilines is 1. The highest BCUT2D eigenvalue weighted by Crippen LogP contribution is 2.21. The smallest absolute Gasteiger partial charge is 0.313 e. The molecule has 0 unspecified atom stereocenters. The highest BCUT2D eigenvalue weighted by atomic mass is 16.2. The molecule has 3 rings (SSSR count). The molecular weight excluding hydrogens is 318 g/mol. The minimum Gasteiger partial charge on any atom is -0.334 e. The summed E-state index contributed by atoms with van der Waals surface area (Å²) in [5.74, 6) is -0.661. The highest BCUT2D eigenvalue weighted by Gasteiger charge is 2.27. The molecule has 2 amide bonds. The highest BCUT2D eigenvalue weighted by molar-refractivity contribution is 6.39. The van der Waals surface area contributed by atoms with Crippen molar-refractivity contribution in [2.75, 3.05) is 18.4 Å². The van der Waals surface area contributed by atoms with E-state index < -0.39 is 11.8 Å². The van der Waals surface area contributed by atoms with E-state index in [0.29, 0.717) is 24.7 Å². The third-order valence-corrected chi connectivity index (χ3v) is 4.51. The zero-order chi connectivity index (χ0) is 17.6. The van der Waals surface area contributed by atoms with Gasteiger partial charge in [0.05, 0.1) is 5.69 Å². The van der Waals surface area contributed by atoms with Crippen LogP contribution in [0, 0.1) is 5.92 Å². The molecule has 0 bridgehead atoms. The van der Waals surface area contributed by atoms with Gasteiger partial charge in [0.1, 0.15) is 0 Å². The molecule has 0 saturated carbocycles. The maximum absolute atomic E-state index is 12.3. The number of likely N-dealkylation sites (tertiary alicyclic amines) is 1. The molecule has 1 aromatic heterocycles. The monoisotopic (exact) mass is 339 g/mol. The summed E-state index contributed by atoms with van der Waals surface area (Å²) in [7, 11) is 0. The first-order valence-electron chi connectivity index (χ1n) is 8.45. The molecule has 1 fully saturated rings. The average molecular weight is 339 g/mol. The molecule has 6 heteroatoms. The molecule has 0 aliphatic carbocycles. The van der Waals surface area contributed by atoms with Gasteiger partial charge in [0.2, 0.25) is 5.56 Å². The van der Waals surface area contributed by atoms with Gasteiger partial charge in [-0.15, -0.1) is 0 Å². The van der Waals surface area contributed by atoms with E-state index in [1.165, 1.54) is 23.9 Å². The molecule has 2 N–H and O–H groups in total. The first-order chi connectivity index (χ1) is 12.1. The van der Waals surface area contributed by atoms with Gasteiger partial charge in [-0.1, -0.05) is 30.3 Å². The van der Waals surface area contributed by atoms with Crippen LogP contribution >= 0.6 is 0 Å². The summed E-state index contributed by atoms with van der Waals surface area (Å²) in [4.78, 5) is 39.4. The van der Waals surface area contributed by atoms with Crippen molar-refractivity contribution < 1.29 is 9.59 Å². The molecule has 1 aliphatic heterocycles. The van der Waals surface area contributed by atoms with E-state index >= 15 is 0 Å². The van der Waals surface area contributed by atoms with Crippen LogP contribution in [0.3, 0.4) is 0 Å². The lowest BCUT2D eigenvalue weighted by atomic mass is 9.90. The number of hydrogen-bond donors (Lipinski definition) is 2. The second-order valence-corrected chi connectivity index (χ2v) is 6.32. The third-order valence-electron chi connectivity index (χ3n) is 4.51. The number of carbonyl (C=O) groups is 2. The molecule has 0 spiro atoms. The van der Waals surface area contributed by atoms with E-state index in [9.17, 15) is 14.4 Å². The van der Waals surface area contributed by atoms with Crippen LogP contribution in [0.5, 0.6) is 0 Å². The van der Waals surface area contributed by atoms with Gasteiger partial charge < -0.3 is 15.2 Å². The predicted molar refractivity (Wildman–Crippen MR) is 95.1 cm³/mol. The van der Waals surface area contributed by atoms with Crippen molar-refractivity contribution in [3.8, 4) is 0 Å². The number of aromatic amines is 1. The number of rotatable bonds is 3. The number of aromatic nitrogens is 1. The van der Waals surface area contributed by atoms with Crippen LogP contribution in [-0.2, 0) is 16.0 Å². The summed E-state index contributed by atoms with van der Waals surface area (Å²) < 4.78 is 0. The maximum atomic E-state index is 12.3.